The average molecular weight is 248 g/mol. The molecule has 0 unspecified atom stereocenters. The van der Waals surface area contributed by atoms with E-state index in [0.717, 1.165) is 0 Å². The largest absolute Gasteiger partial charge is 0.224 e. The van der Waals surface area contributed by atoms with E-state index in [2.05, 4.69) is 22.0 Å². The number of hydrogen-bond donors (Lipinski definition) is 0. The van der Waals surface area contributed by atoms with Crippen LogP contribution in [0.25, 0.3) is 0 Å². The Morgan fingerprint density at radius 1 is 1.58 bits per heavy atom. The maximum absolute atomic E-state index is 11.3. The zero-order chi connectivity index (χ0) is 9.19. The van der Waals surface area contributed by atoms with Crippen LogP contribution < -0.4 is 0 Å². The molecule has 1 aromatic rings. The zero-order valence-corrected chi connectivity index (χ0v) is 8.94. The summed E-state index contributed by atoms with van der Waals surface area (Å²) < 4.78 is 23.3. The van der Waals surface area contributed by atoms with Crippen molar-refractivity contribution in [2.24, 2.45) is 0 Å². The van der Waals surface area contributed by atoms with Crippen LogP contribution >= 0.6 is 15.9 Å². The molecule has 2 nitrogen and oxygen atoms in total. The maximum Gasteiger partial charge on any atom is 0.178 e. The highest BCUT2D eigenvalue weighted by Gasteiger charge is 2.10. The van der Waals surface area contributed by atoms with E-state index in [4.69, 9.17) is 0 Å². The number of rotatable bonds is 2. The van der Waals surface area contributed by atoms with E-state index in [9.17, 15) is 8.42 Å². The lowest BCUT2D eigenvalue weighted by Gasteiger charge is -1.99. The van der Waals surface area contributed by atoms with Gasteiger partial charge >= 0.3 is 0 Å². The number of hydrogen-bond acceptors (Lipinski definition) is 2. The second-order valence-corrected chi connectivity index (χ2v) is 5.41. The molecular formula is C8H8BrO2S. The Morgan fingerprint density at radius 2 is 2.25 bits per heavy atom. The Hall–Kier alpha value is -0.350. The summed E-state index contributed by atoms with van der Waals surface area (Å²) in [6.07, 6.45) is 0. The number of halogens is 1. The van der Waals surface area contributed by atoms with Gasteiger partial charge in [-0.1, -0.05) is 28.9 Å². The summed E-state index contributed by atoms with van der Waals surface area (Å²) in [7, 11) is -3.07. The third-order valence-corrected chi connectivity index (χ3v) is 3.67. The van der Waals surface area contributed by atoms with Crippen molar-refractivity contribution in [1.29, 1.82) is 0 Å². The molecule has 1 radical (unpaired) electrons. The number of benzene rings is 1. The SMILES string of the molecule is CCS(=O)(=O)c1cc[c]c(Br)c1. The molecule has 0 N–H and O–H groups in total. The maximum atomic E-state index is 11.3. The summed E-state index contributed by atoms with van der Waals surface area (Å²) in [4.78, 5) is 0.343. The van der Waals surface area contributed by atoms with Crippen LogP contribution in [0.15, 0.2) is 27.6 Å². The topological polar surface area (TPSA) is 34.1 Å². The molecular weight excluding hydrogens is 240 g/mol. The van der Waals surface area contributed by atoms with E-state index in [-0.39, 0.29) is 5.75 Å². The lowest BCUT2D eigenvalue weighted by Crippen LogP contribution is -2.02. The first-order valence-corrected chi connectivity index (χ1v) is 5.91. The van der Waals surface area contributed by atoms with E-state index in [1.807, 2.05) is 0 Å². The minimum Gasteiger partial charge on any atom is -0.224 e. The van der Waals surface area contributed by atoms with Gasteiger partial charge in [-0.25, -0.2) is 8.42 Å². The quantitative estimate of drug-likeness (QED) is 0.802. The fourth-order valence-electron chi connectivity index (χ4n) is 0.778. The minimum absolute atomic E-state index is 0.128. The van der Waals surface area contributed by atoms with Crippen molar-refractivity contribution < 1.29 is 8.42 Å². The van der Waals surface area contributed by atoms with Crippen molar-refractivity contribution >= 4 is 25.8 Å². The molecule has 0 heterocycles. The fraction of sp³-hybridized carbons (Fsp3) is 0.250. The van der Waals surface area contributed by atoms with E-state index in [1.54, 1.807) is 25.1 Å². The third-order valence-electron chi connectivity index (χ3n) is 1.48. The summed E-state index contributed by atoms with van der Waals surface area (Å²) in [5.41, 5.74) is 0. The third kappa shape index (κ3) is 2.08. The fourth-order valence-corrected chi connectivity index (χ4v) is 2.21. The Balaban J connectivity index is 3.21. The van der Waals surface area contributed by atoms with Crippen LogP contribution in [0.3, 0.4) is 0 Å². The molecule has 0 aliphatic heterocycles. The highest BCUT2D eigenvalue weighted by atomic mass is 79.9. The van der Waals surface area contributed by atoms with Crippen LogP contribution in [0, 0.1) is 6.07 Å². The average Bonchev–Trinajstić information content (AvgIpc) is 2.05. The molecule has 0 aromatic heterocycles. The summed E-state index contributed by atoms with van der Waals surface area (Å²) >= 11 is 3.16. The van der Waals surface area contributed by atoms with Crippen LogP contribution in [0.5, 0.6) is 0 Å². The van der Waals surface area contributed by atoms with Gasteiger partial charge in [0.15, 0.2) is 9.84 Å². The van der Waals surface area contributed by atoms with Crippen LogP contribution in [0.2, 0.25) is 0 Å². The van der Waals surface area contributed by atoms with Gasteiger partial charge in [0.1, 0.15) is 0 Å². The van der Waals surface area contributed by atoms with Gasteiger partial charge in [0, 0.05) is 4.47 Å². The lowest BCUT2D eigenvalue weighted by atomic mass is 10.4. The van der Waals surface area contributed by atoms with Crippen molar-refractivity contribution in [3.63, 3.8) is 0 Å². The first-order valence-electron chi connectivity index (χ1n) is 3.46. The Kier molecular flexibility index (Phi) is 2.90. The molecule has 0 fully saturated rings. The van der Waals surface area contributed by atoms with Crippen molar-refractivity contribution in [2.45, 2.75) is 11.8 Å². The molecule has 12 heavy (non-hydrogen) atoms. The van der Waals surface area contributed by atoms with Crippen LogP contribution in [-0.2, 0) is 9.84 Å². The highest BCUT2D eigenvalue weighted by Crippen LogP contribution is 2.16. The van der Waals surface area contributed by atoms with Gasteiger partial charge in [-0.05, 0) is 18.2 Å². The predicted octanol–water partition coefficient (Wildman–Crippen LogP) is 2.04. The van der Waals surface area contributed by atoms with Gasteiger partial charge < -0.3 is 0 Å². The van der Waals surface area contributed by atoms with E-state index >= 15 is 0 Å². The van der Waals surface area contributed by atoms with Gasteiger partial charge in [-0.15, -0.1) is 0 Å². The van der Waals surface area contributed by atoms with Crippen molar-refractivity contribution in [3.8, 4) is 0 Å². The molecule has 0 spiro atoms. The van der Waals surface area contributed by atoms with Crippen molar-refractivity contribution in [3.05, 3.63) is 28.7 Å². The first kappa shape index (κ1) is 9.74. The molecule has 4 heteroatoms. The van der Waals surface area contributed by atoms with Gasteiger partial charge in [0.05, 0.1) is 10.6 Å². The summed E-state index contributed by atoms with van der Waals surface area (Å²) in [6, 6.07) is 7.51. The molecule has 0 amide bonds. The Morgan fingerprint density at radius 3 is 2.75 bits per heavy atom. The molecule has 0 saturated heterocycles. The van der Waals surface area contributed by atoms with E-state index in [0.29, 0.717) is 9.37 Å². The Labute approximate surface area is 80.7 Å². The second-order valence-electron chi connectivity index (χ2n) is 2.28. The summed E-state index contributed by atoms with van der Waals surface area (Å²) in [6.45, 7) is 1.62. The normalized spacial score (nSPS) is 11.5. The van der Waals surface area contributed by atoms with E-state index < -0.39 is 9.84 Å². The second kappa shape index (κ2) is 3.58. The van der Waals surface area contributed by atoms with Gasteiger partial charge in [0.25, 0.3) is 0 Å². The monoisotopic (exact) mass is 247 g/mol. The molecule has 0 aliphatic rings. The molecule has 0 aliphatic carbocycles. The minimum atomic E-state index is -3.07. The van der Waals surface area contributed by atoms with Gasteiger partial charge in [-0.2, -0.15) is 0 Å². The van der Waals surface area contributed by atoms with Crippen LogP contribution in [-0.4, -0.2) is 14.2 Å². The van der Waals surface area contributed by atoms with Gasteiger partial charge in [-0.3, -0.25) is 0 Å². The van der Waals surface area contributed by atoms with Crippen molar-refractivity contribution in [2.75, 3.05) is 5.75 Å². The lowest BCUT2D eigenvalue weighted by molar-refractivity contribution is 0.597. The summed E-state index contributed by atoms with van der Waals surface area (Å²) in [5, 5.41) is 0. The molecule has 1 rings (SSSR count). The zero-order valence-electron chi connectivity index (χ0n) is 6.54. The molecule has 0 saturated carbocycles. The predicted molar refractivity (Wildman–Crippen MR) is 50.7 cm³/mol. The summed E-state index contributed by atoms with van der Waals surface area (Å²) in [5.74, 6) is 0.128. The molecule has 0 atom stereocenters. The van der Waals surface area contributed by atoms with Gasteiger partial charge in [0.2, 0.25) is 0 Å². The smallest absolute Gasteiger partial charge is 0.178 e. The van der Waals surface area contributed by atoms with Crippen molar-refractivity contribution in [1.82, 2.24) is 0 Å². The number of sulfone groups is 1. The Bertz CT molecular complexity index is 370. The highest BCUT2D eigenvalue weighted by molar-refractivity contribution is 9.10. The first-order chi connectivity index (χ1) is 5.56. The molecule has 0 bridgehead atoms. The van der Waals surface area contributed by atoms with Crippen LogP contribution in [0.1, 0.15) is 6.92 Å². The standard InChI is InChI=1S/C8H8BrO2S/c1-2-12(10,11)8-5-3-4-7(9)6-8/h3,5-6H,2H2,1H3. The van der Waals surface area contributed by atoms with E-state index in [1.165, 1.54) is 0 Å². The van der Waals surface area contributed by atoms with Crippen LogP contribution in [0.4, 0.5) is 0 Å². The molecule has 1 aromatic carbocycles. The molecule has 65 valence electrons.